The molecule has 2 aromatic rings. The lowest BCUT2D eigenvalue weighted by Gasteiger charge is -2.31. The van der Waals surface area contributed by atoms with Gasteiger partial charge in [0, 0.05) is 11.8 Å². The Morgan fingerprint density at radius 1 is 1.25 bits per heavy atom. The molecule has 1 heterocycles. The molecule has 1 aliphatic rings. The number of hydrogen-bond acceptors (Lipinski definition) is 5. The molecule has 32 heavy (non-hydrogen) atoms. The molecule has 3 rings (SSSR count). The zero-order valence-corrected chi connectivity index (χ0v) is 21.4. The number of aryl methyl sites for hydroxylation is 1. The lowest BCUT2D eigenvalue weighted by Crippen LogP contribution is -2.22. The van der Waals surface area contributed by atoms with Gasteiger partial charge in [-0.05, 0) is 94.3 Å². The first-order valence-corrected chi connectivity index (χ1v) is 12.5. The van der Waals surface area contributed by atoms with Gasteiger partial charge >= 0.3 is 0 Å². The molecular formula is C27H37NO3S. The van der Waals surface area contributed by atoms with Crippen LogP contribution >= 0.6 is 11.9 Å². The topological polar surface area (TPSA) is 39.7 Å². The van der Waals surface area contributed by atoms with Crippen LogP contribution in [0.3, 0.4) is 0 Å². The van der Waals surface area contributed by atoms with E-state index in [-0.39, 0.29) is 11.7 Å². The van der Waals surface area contributed by atoms with Crippen molar-refractivity contribution in [1.82, 2.24) is 0 Å². The number of ether oxygens (including phenoxy) is 3. The SMILES string of the molecule is C=CCOc1c(C)c(-c2ccc3c(c2)CCCO3)c(C(C)OC(C)(C)C)c(C)c1NSC. The predicted octanol–water partition coefficient (Wildman–Crippen LogP) is 7.43. The van der Waals surface area contributed by atoms with Crippen LogP contribution in [0, 0.1) is 13.8 Å². The van der Waals surface area contributed by atoms with Crippen molar-refractivity contribution in [2.75, 3.05) is 24.2 Å². The van der Waals surface area contributed by atoms with Gasteiger partial charge in [-0.1, -0.05) is 30.7 Å². The quantitative estimate of drug-likeness (QED) is 0.331. The Balaban J connectivity index is 2.29. The molecule has 2 aromatic carbocycles. The van der Waals surface area contributed by atoms with E-state index in [2.05, 4.69) is 71.0 Å². The van der Waals surface area contributed by atoms with E-state index in [1.54, 1.807) is 18.0 Å². The van der Waals surface area contributed by atoms with Gasteiger partial charge in [0.2, 0.25) is 0 Å². The molecule has 4 nitrogen and oxygen atoms in total. The van der Waals surface area contributed by atoms with Gasteiger partial charge in [0.1, 0.15) is 18.1 Å². The van der Waals surface area contributed by atoms with Crippen molar-refractivity contribution in [2.24, 2.45) is 0 Å². The normalized spacial score (nSPS) is 14.3. The van der Waals surface area contributed by atoms with Crippen molar-refractivity contribution in [3.05, 3.63) is 53.1 Å². The van der Waals surface area contributed by atoms with Gasteiger partial charge in [-0.2, -0.15) is 0 Å². The van der Waals surface area contributed by atoms with Crippen LogP contribution in [0.2, 0.25) is 0 Å². The van der Waals surface area contributed by atoms with Crippen LogP contribution in [-0.2, 0) is 11.2 Å². The fourth-order valence-corrected chi connectivity index (χ4v) is 4.98. The van der Waals surface area contributed by atoms with Crippen LogP contribution in [0.15, 0.2) is 30.9 Å². The number of fused-ring (bicyclic) bond motifs is 1. The molecule has 1 atom stereocenters. The van der Waals surface area contributed by atoms with Gasteiger partial charge in [-0.15, -0.1) is 0 Å². The van der Waals surface area contributed by atoms with Crippen molar-refractivity contribution in [2.45, 2.75) is 66.1 Å². The molecule has 0 aliphatic carbocycles. The first kappa shape index (κ1) is 24.5. The van der Waals surface area contributed by atoms with Gasteiger partial charge in [-0.25, -0.2) is 0 Å². The van der Waals surface area contributed by atoms with E-state index in [1.165, 1.54) is 22.3 Å². The summed E-state index contributed by atoms with van der Waals surface area (Å²) in [6.45, 7) is 17.8. The first-order chi connectivity index (χ1) is 15.2. The third kappa shape index (κ3) is 5.26. The molecule has 0 saturated heterocycles. The van der Waals surface area contributed by atoms with Crippen molar-refractivity contribution < 1.29 is 14.2 Å². The Hall–Kier alpha value is -2.11. The number of benzene rings is 2. The molecule has 0 spiro atoms. The average Bonchev–Trinajstić information content (AvgIpc) is 2.74. The summed E-state index contributed by atoms with van der Waals surface area (Å²) in [4.78, 5) is 0. The van der Waals surface area contributed by atoms with Gasteiger partial charge < -0.3 is 18.9 Å². The van der Waals surface area contributed by atoms with Crippen LogP contribution in [-0.4, -0.2) is 25.1 Å². The van der Waals surface area contributed by atoms with Crippen molar-refractivity contribution in [3.8, 4) is 22.6 Å². The highest BCUT2D eigenvalue weighted by atomic mass is 32.2. The van der Waals surface area contributed by atoms with Crippen molar-refractivity contribution in [1.29, 1.82) is 0 Å². The van der Waals surface area contributed by atoms with Gasteiger partial charge in [0.15, 0.2) is 0 Å². The minimum absolute atomic E-state index is 0.0909. The molecule has 174 valence electrons. The minimum atomic E-state index is -0.258. The lowest BCUT2D eigenvalue weighted by molar-refractivity contribution is -0.0529. The largest absolute Gasteiger partial charge is 0.493 e. The summed E-state index contributed by atoms with van der Waals surface area (Å²) in [7, 11) is 0. The summed E-state index contributed by atoms with van der Waals surface area (Å²) in [6, 6.07) is 6.55. The van der Waals surface area contributed by atoms with Crippen LogP contribution in [0.1, 0.15) is 62.5 Å². The van der Waals surface area contributed by atoms with E-state index in [0.29, 0.717) is 6.61 Å². The fraction of sp³-hybridized carbons (Fsp3) is 0.481. The Bertz CT molecular complexity index is 978. The zero-order valence-electron chi connectivity index (χ0n) is 20.6. The maximum Gasteiger partial charge on any atom is 0.147 e. The van der Waals surface area contributed by atoms with Gasteiger partial charge in [-0.3, -0.25) is 0 Å². The average molecular weight is 456 g/mol. The van der Waals surface area contributed by atoms with Crippen LogP contribution in [0.5, 0.6) is 11.5 Å². The number of anilines is 1. The number of nitrogens with one attached hydrogen (secondary N) is 1. The minimum Gasteiger partial charge on any atom is -0.493 e. The molecule has 1 aliphatic heterocycles. The predicted molar refractivity (Wildman–Crippen MR) is 137 cm³/mol. The van der Waals surface area contributed by atoms with E-state index in [4.69, 9.17) is 14.2 Å². The summed E-state index contributed by atoms with van der Waals surface area (Å²) in [5.74, 6) is 1.87. The second-order valence-electron chi connectivity index (χ2n) is 9.30. The van der Waals surface area contributed by atoms with E-state index in [9.17, 15) is 0 Å². The third-order valence-corrected chi connectivity index (χ3v) is 6.08. The number of hydrogen-bond donors (Lipinski definition) is 1. The van der Waals surface area contributed by atoms with Gasteiger partial charge in [0.25, 0.3) is 0 Å². The van der Waals surface area contributed by atoms with Crippen molar-refractivity contribution in [3.63, 3.8) is 0 Å². The molecule has 0 fully saturated rings. The summed E-state index contributed by atoms with van der Waals surface area (Å²) < 4.78 is 22.0. The second kappa shape index (κ2) is 10.2. The highest BCUT2D eigenvalue weighted by Gasteiger charge is 2.28. The first-order valence-electron chi connectivity index (χ1n) is 11.3. The second-order valence-corrected chi connectivity index (χ2v) is 9.91. The van der Waals surface area contributed by atoms with E-state index in [1.807, 2.05) is 6.26 Å². The molecular weight excluding hydrogens is 418 g/mol. The standard InChI is InChI=1S/C27H37NO3S/c1-9-14-30-26-18(3)24(21-12-13-22-20(16-21)11-10-15-29-22)23(17(2)25(26)28-32-8)19(4)31-27(5,6)7/h9,12-13,16,19,28H,1,10-11,14-15H2,2-8H3. The monoisotopic (exact) mass is 455 g/mol. The smallest absolute Gasteiger partial charge is 0.147 e. The molecule has 1 N–H and O–H groups in total. The molecule has 0 radical (unpaired) electrons. The van der Waals surface area contributed by atoms with E-state index in [0.717, 1.165) is 47.8 Å². The summed E-state index contributed by atoms with van der Waals surface area (Å²) >= 11 is 1.57. The van der Waals surface area contributed by atoms with Gasteiger partial charge in [0.05, 0.1) is 24.0 Å². The Morgan fingerprint density at radius 2 is 2.00 bits per heavy atom. The molecule has 0 amide bonds. The maximum atomic E-state index is 6.47. The molecule has 5 heteroatoms. The molecule has 0 saturated carbocycles. The van der Waals surface area contributed by atoms with E-state index >= 15 is 0 Å². The molecule has 1 unspecified atom stereocenters. The Morgan fingerprint density at radius 3 is 2.66 bits per heavy atom. The summed E-state index contributed by atoms with van der Waals surface area (Å²) in [5, 5.41) is 0. The zero-order chi connectivity index (χ0) is 23.5. The summed E-state index contributed by atoms with van der Waals surface area (Å²) in [5.41, 5.74) is 7.80. The van der Waals surface area contributed by atoms with Crippen LogP contribution in [0.25, 0.3) is 11.1 Å². The van der Waals surface area contributed by atoms with E-state index < -0.39 is 0 Å². The lowest BCUT2D eigenvalue weighted by atomic mass is 9.86. The highest BCUT2D eigenvalue weighted by molar-refractivity contribution is 7.99. The highest BCUT2D eigenvalue weighted by Crippen LogP contribution is 2.47. The Kier molecular flexibility index (Phi) is 7.84. The van der Waals surface area contributed by atoms with Crippen molar-refractivity contribution >= 4 is 17.6 Å². The maximum absolute atomic E-state index is 6.47. The Labute approximate surface area is 197 Å². The number of rotatable bonds is 8. The third-order valence-electron chi connectivity index (χ3n) is 5.67. The summed E-state index contributed by atoms with van der Waals surface area (Å²) in [6.07, 6.45) is 5.81. The fourth-order valence-electron chi connectivity index (χ4n) is 4.53. The molecule has 0 bridgehead atoms. The molecule has 0 aromatic heterocycles. The van der Waals surface area contributed by atoms with Crippen LogP contribution < -0.4 is 14.2 Å². The van der Waals surface area contributed by atoms with Crippen LogP contribution in [0.4, 0.5) is 5.69 Å².